The predicted octanol–water partition coefficient (Wildman–Crippen LogP) is 1.35. The third kappa shape index (κ3) is 16.5. The lowest BCUT2D eigenvalue weighted by Gasteiger charge is -2.21. The quantitative estimate of drug-likeness (QED) is 0.0769. The van der Waals surface area contributed by atoms with Gasteiger partial charge in [-0.25, -0.2) is 34.7 Å². The van der Waals surface area contributed by atoms with Gasteiger partial charge >= 0.3 is 5.97 Å². The maximum atomic E-state index is 14.0. The number of aliphatic carboxylic acids is 1. The molecule has 0 radical (unpaired) electrons. The van der Waals surface area contributed by atoms with Crippen molar-refractivity contribution in [3.63, 3.8) is 0 Å². The lowest BCUT2D eigenvalue weighted by Crippen LogP contribution is -2.52. The minimum absolute atomic E-state index is 0.00676. The van der Waals surface area contributed by atoms with Crippen LogP contribution in [0.4, 0.5) is 0 Å². The van der Waals surface area contributed by atoms with Crippen molar-refractivity contribution in [1.29, 1.82) is 0 Å². The highest BCUT2D eigenvalue weighted by Gasteiger charge is 2.33. The number of amides is 10. The van der Waals surface area contributed by atoms with Crippen LogP contribution in [0.1, 0.15) is 114 Å². The lowest BCUT2D eigenvalue weighted by molar-refractivity contribution is -0.134. The van der Waals surface area contributed by atoms with Crippen molar-refractivity contribution in [2.24, 2.45) is 0 Å². The number of hydrogen-bond acceptors (Lipinski definition) is 25. The van der Waals surface area contributed by atoms with Gasteiger partial charge in [0.1, 0.15) is 79.4 Å². The second-order valence-electron chi connectivity index (χ2n) is 19.2. The number of oxazole rings is 3. The molecular weight excluding hydrogens is 1260 g/mol. The molecule has 7 rings (SSSR count). The predicted molar refractivity (Wildman–Crippen MR) is 324 cm³/mol. The molecule has 482 valence electrons. The van der Waals surface area contributed by atoms with Gasteiger partial charge in [-0.3, -0.25) is 47.9 Å². The van der Waals surface area contributed by atoms with E-state index in [0.29, 0.717) is 0 Å². The van der Waals surface area contributed by atoms with Crippen LogP contribution in [0.2, 0.25) is 0 Å². The van der Waals surface area contributed by atoms with E-state index in [1.165, 1.54) is 64.6 Å². The largest absolute Gasteiger partial charge is 0.477 e. The number of nitrogens with one attached hydrogen (secondary N) is 10. The number of thiazole rings is 2. The third-order valence-electron chi connectivity index (χ3n) is 12.3. The number of fused-ring (bicyclic) bond motifs is 13. The Bertz CT molecular complexity index is 4270. The number of carbonyl (C=O) groups is 11. The van der Waals surface area contributed by atoms with Crippen LogP contribution in [0.25, 0.3) is 39.1 Å². The van der Waals surface area contributed by atoms with Gasteiger partial charge in [0.15, 0.2) is 17.6 Å². The van der Waals surface area contributed by atoms with E-state index in [4.69, 9.17) is 23.1 Å². The Hall–Kier alpha value is -12.0. The summed E-state index contributed by atoms with van der Waals surface area (Å²) in [6, 6.07) is 0.701. The first-order chi connectivity index (χ1) is 43.9. The Balaban J connectivity index is 1.21. The fourth-order valence-electron chi connectivity index (χ4n) is 7.60. The summed E-state index contributed by atoms with van der Waals surface area (Å²) in [6.07, 6.45) is -0.648. The maximum Gasteiger partial charge on any atom is 0.351 e. The van der Waals surface area contributed by atoms with Crippen LogP contribution in [-0.2, 0) is 33.5 Å². The van der Waals surface area contributed by atoms with Gasteiger partial charge in [-0.1, -0.05) is 45.5 Å². The highest BCUT2D eigenvalue weighted by atomic mass is 32.1. The summed E-state index contributed by atoms with van der Waals surface area (Å²) >= 11 is 1.78. The molecule has 10 amide bonds. The summed E-state index contributed by atoms with van der Waals surface area (Å²) < 4.78 is 22.7. The highest BCUT2D eigenvalue weighted by molar-refractivity contribution is 7.13. The number of aromatic nitrogens is 6. The number of aliphatic hydroxyl groups is 2. The van der Waals surface area contributed by atoms with Crippen LogP contribution >= 0.6 is 22.7 Å². The van der Waals surface area contributed by atoms with Crippen molar-refractivity contribution >= 4 is 105 Å². The van der Waals surface area contributed by atoms with Gasteiger partial charge in [-0.2, -0.15) is 0 Å². The monoisotopic (exact) mass is 1310 g/mol. The number of allylic oxidation sites excluding steroid dienone is 1. The molecule has 93 heavy (non-hydrogen) atoms. The van der Waals surface area contributed by atoms with Crippen LogP contribution in [0.3, 0.4) is 0 Å². The SMILES string of the molecule is C=C(NC(=O)C(=C)NC(=O)C(=C)NC(=O)C(=C)NC(=O)c1ccc2c(n1)-c1coc(n1)C(=C)NC(=O)C(=C)NC(=O)c1nc(oc1C)/C(=C/C)NC(=O)c1csc(n1)C(OC)NC(=O)c1nc(oc1C)/C(=C/C(C)O)NC(=O)C(C(C)O)NC(=O)c1csc-2n1)C(=O)O. The van der Waals surface area contributed by atoms with Crippen molar-refractivity contribution in [3.8, 4) is 22.0 Å². The van der Waals surface area contributed by atoms with Gasteiger partial charge in [-0.15, -0.1) is 22.7 Å². The van der Waals surface area contributed by atoms with E-state index in [2.05, 4.69) is 112 Å². The average Bonchev–Trinajstić information content (AvgIpc) is 1.74. The summed E-state index contributed by atoms with van der Waals surface area (Å²) in [4.78, 5) is 171. The molecular formula is C57H54N16O18S2. The molecule has 4 unspecified atom stereocenters. The topological polar surface area (TPSA) is 495 Å². The van der Waals surface area contributed by atoms with Crippen molar-refractivity contribution in [1.82, 2.24) is 83.1 Å². The maximum absolute atomic E-state index is 14.0. The van der Waals surface area contributed by atoms with E-state index in [1.807, 2.05) is 10.6 Å². The zero-order valence-corrected chi connectivity index (χ0v) is 51.2. The molecule has 7 heterocycles. The Labute approximate surface area is 531 Å². The first-order valence-corrected chi connectivity index (χ1v) is 28.2. The van der Waals surface area contributed by atoms with Gasteiger partial charge in [-0.05, 0) is 52.8 Å². The first kappa shape index (κ1) is 68.5. The van der Waals surface area contributed by atoms with E-state index >= 15 is 0 Å². The van der Waals surface area contributed by atoms with Crippen molar-refractivity contribution in [3.05, 3.63) is 172 Å². The summed E-state index contributed by atoms with van der Waals surface area (Å²) in [5.41, 5.74) is -5.86. The van der Waals surface area contributed by atoms with Gasteiger partial charge in [0, 0.05) is 23.4 Å². The lowest BCUT2D eigenvalue weighted by atomic mass is 10.1. The second kappa shape index (κ2) is 29.1. The zero-order valence-electron chi connectivity index (χ0n) is 49.6. The van der Waals surface area contributed by atoms with Crippen molar-refractivity contribution in [2.45, 2.75) is 59.1 Å². The average molecular weight is 1320 g/mol. The molecule has 10 bridgehead atoms. The van der Waals surface area contributed by atoms with Gasteiger partial charge in [0.25, 0.3) is 53.2 Å². The Morgan fingerprint density at radius 2 is 1.20 bits per heavy atom. The van der Waals surface area contributed by atoms with Crippen LogP contribution in [0.5, 0.6) is 0 Å². The molecule has 36 heteroatoms. The summed E-state index contributed by atoms with van der Waals surface area (Å²) in [5, 5.41) is 55.9. The van der Waals surface area contributed by atoms with Crippen molar-refractivity contribution in [2.75, 3.05) is 7.11 Å². The van der Waals surface area contributed by atoms with Crippen molar-refractivity contribution < 1.29 is 86.0 Å². The van der Waals surface area contributed by atoms with Gasteiger partial charge in [0.2, 0.25) is 23.6 Å². The molecule has 4 atom stereocenters. The molecule has 0 saturated carbocycles. The molecule has 6 aromatic rings. The minimum Gasteiger partial charge on any atom is -0.477 e. The Morgan fingerprint density at radius 3 is 1.80 bits per heavy atom. The Kier molecular flexibility index (Phi) is 21.4. The summed E-state index contributed by atoms with van der Waals surface area (Å²) in [5.74, 6) is -13.1. The number of nitrogens with zero attached hydrogens (tertiary/aromatic N) is 6. The fourth-order valence-corrected chi connectivity index (χ4v) is 9.24. The van der Waals surface area contributed by atoms with Crippen LogP contribution in [0, 0.1) is 13.8 Å². The number of aliphatic hydroxyl groups excluding tert-OH is 2. The Morgan fingerprint density at radius 1 is 0.634 bits per heavy atom. The number of carboxylic acids is 1. The van der Waals surface area contributed by atoms with Gasteiger partial charge < -0.3 is 86.5 Å². The third-order valence-corrected chi connectivity index (χ3v) is 14.0. The molecule has 13 N–H and O–H groups in total. The van der Waals surface area contributed by atoms with E-state index in [1.54, 1.807) is 0 Å². The number of pyridine rings is 1. The number of hydrogen-bond donors (Lipinski definition) is 13. The number of ether oxygens (including phenoxy) is 1. The zero-order chi connectivity index (χ0) is 68.4. The molecule has 0 spiro atoms. The van der Waals surface area contributed by atoms with E-state index in [0.717, 1.165) is 41.1 Å². The number of carbonyl (C=O) groups excluding carboxylic acids is 10. The van der Waals surface area contributed by atoms with Crippen LogP contribution in [0.15, 0.2) is 123 Å². The summed E-state index contributed by atoms with van der Waals surface area (Å²) in [6.45, 7) is 27.6. The van der Waals surface area contributed by atoms with E-state index in [9.17, 15) is 63.0 Å². The normalized spacial score (nSPS) is 16.6. The minimum atomic E-state index is -1.76. The molecule has 1 aliphatic heterocycles. The van der Waals surface area contributed by atoms with E-state index < -0.39 is 130 Å². The first-order valence-electron chi connectivity index (χ1n) is 26.5. The molecule has 0 aliphatic carbocycles. The molecule has 0 aromatic carbocycles. The number of aryl methyl sites for hydroxylation is 2. The summed E-state index contributed by atoms with van der Waals surface area (Å²) in [7, 11) is 1.25. The number of methoxy groups -OCH3 is 1. The van der Waals surface area contributed by atoms with Crippen LogP contribution in [-0.4, -0.2) is 136 Å². The van der Waals surface area contributed by atoms with Gasteiger partial charge in [0.05, 0.1) is 40.7 Å². The molecule has 0 fully saturated rings. The smallest absolute Gasteiger partial charge is 0.351 e. The second-order valence-corrected chi connectivity index (χ2v) is 21.0. The van der Waals surface area contributed by atoms with Crippen LogP contribution < -0.4 is 53.2 Å². The van der Waals surface area contributed by atoms with E-state index in [-0.39, 0.29) is 90.1 Å². The molecule has 0 saturated heterocycles. The number of carboxylic acid groups (broad SMARTS) is 1. The number of rotatable bonds is 12. The molecule has 1 aliphatic rings. The molecule has 34 nitrogen and oxygen atoms in total. The fraction of sp³-hybridized carbons (Fsp3) is 0.175. The standard InChI is InChI=1S/C57H54N16O18S2/c1-13-31-52-71-38(28(10)90-52)49(84)61-24(6)43(78)62-25(7)51-67-34(17-89-51)40-30(14-15-32(64-40)45(80)60-23(5)42(77)58-21(3)41(76)59-22(4)44(79)63-26(8)57(86)87)55-68-36(18-92-55)47(82)70-37(27(9)75)48(83)66-33(16-20(2)74)53-72-39(29(11)91-53)50(85)73-54(88-12)56-69-35(19-93-56)46(81)65-31/h13-20,27,37,54,74-75H,3-8H2,1-2,9-12H3,(H,58,77)(H,59,76)(H,60,80)(H,61,84)(H,62,78)(H,63,79)(H,65,81)(H,66,83)(H,70,82)(H,73,85)(H,86,87)/b31-13-,33-16-. The highest BCUT2D eigenvalue weighted by Crippen LogP contribution is 2.34. The molecule has 6 aromatic heterocycles.